The molecule has 0 aromatic rings. The lowest BCUT2D eigenvalue weighted by molar-refractivity contribution is 0.170. The van der Waals surface area contributed by atoms with Crippen molar-refractivity contribution < 1.29 is 0 Å². The van der Waals surface area contributed by atoms with E-state index < -0.39 is 0 Å². The van der Waals surface area contributed by atoms with E-state index in [4.69, 9.17) is 0 Å². The maximum atomic E-state index is 4.52. The van der Waals surface area contributed by atoms with Gasteiger partial charge in [0.15, 0.2) is 0 Å². The molecule has 2 aliphatic rings. The standard InChI is InChI=1S/C11H23N3S/c1-8(2)14-6-10(3)11(4,7-14)13-9(15)5-12-10/h8-9,12-13,15H,5-7H2,1-4H3/t9?,10-,11+/m1/s1. The fourth-order valence-electron chi connectivity index (χ4n) is 2.78. The lowest BCUT2D eigenvalue weighted by Gasteiger charge is -2.48. The van der Waals surface area contributed by atoms with Crippen LogP contribution in [0.25, 0.3) is 0 Å². The summed E-state index contributed by atoms with van der Waals surface area (Å²) in [6.07, 6.45) is 0. The van der Waals surface area contributed by atoms with Crippen molar-refractivity contribution in [3.63, 3.8) is 0 Å². The summed E-state index contributed by atoms with van der Waals surface area (Å²) in [7, 11) is 0. The Morgan fingerprint density at radius 3 is 2.47 bits per heavy atom. The molecule has 0 saturated carbocycles. The summed E-state index contributed by atoms with van der Waals surface area (Å²) < 4.78 is 0. The maximum Gasteiger partial charge on any atom is 0.0634 e. The Balaban J connectivity index is 2.20. The predicted molar refractivity (Wildman–Crippen MR) is 67.4 cm³/mol. The zero-order valence-electron chi connectivity index (χ0n) is 10.2. The van der Waals surface area contributed by atoms with Crippen LogP contribution < -0.4 is 10.6 Å². The second-order valence-electron chi connectivity index (χ2n) is 5.70. The van der Waals surface area contributed by atoms with Crippen molar-refractivity contribution in [1.82, 2.24) is 15.5 Å². The second kappa shape index (κ2) is 3.62. The molecule has 0 bridgehead atoms. The van der Waals surface area contributed by atoms with E-state index >= 15 is 0 Å². The minimum Gasteiger partial charge on any atom is -0.306 e. The Hall–Kier alpha value is 0.230. The van der Waals surface area contributed by atoms with Gasteiger partial charge in [-0.1, -0.05) is 0 Å². The largest absolute Gasteiger partial charge is 0.306 e. The first-order chi connectivity index (χ1) is 6.86. The maximum absolute atomic E-state index is 4.52. The molecule has 2 aliphatic heterocycles. The molecule has 0 aromatic carbocycles. The van der Waals surface area contributed by atoms with E-state index in [-0.39, 0.29) is 16.5 Å². The molecule has 0 spiro atoms. The van der Waals surface area contributed by atoms with Crippen molar-refractivity contribution in [3.05, 3.63) is 0 Å². The summed E-state index contributed by atoms with van der Waals surface area (Å²) >= 11 is 4.52. The summed E-state index contributed by atoms with van der Waals surface area (Å²) in [4.78, 5) is 2.53. The summed E-state index contributed by atoms with van der Waals surface area (Å²) in [5.41, 5.74) is 0.318. The summed E-state index contributed by atoms with van der Waals surface area (Å²) in [6, 6.07) is 0.617. The van der Waals surface area contributed by atoms with Crippen LogP contribution in [0.2, 0.25) is 0 Å². The number of nitrogens with zero attached hydrogens (tertiary/aromatic N) is 1. The molecule has 4 heteroatoms. The van der Waals surface area contributed by atoms with Crippen LogP contribution >= 0.6 is 12.6 Å². The average Bonchev–Trinajstić information content (AvgIpc) is 2.38. The van der Waals surface area contributed by atoms with Crippen molar-refractivity contribution in [2.45, 2.75) is 50.2 Å². The lowest BCUT2D eigenvalue weighted by Crippen LogP contribution is -2.73. The SMILES string of the molecule is CC(C)N1C[C@@]2(C)NCC(S)N[C@@]2(C)C1. The van der Waals surface area contributed by atoms with Gasteiger partial charge < -0.3 is 5.32 Å². The molecule has 2 heterocycles. The molecule has 3 nitrogen and oxygen atoms in total. The zero-order valence-corrected chi connectivity index (χ0v) is 11.1. The molecule has 2 saturated heterocycles. The van der Waals surface area contributed by atoms with Gasteiger partial charge >= 0.3 is 0 Å². The average molecular weight is 229 g/mol. The molecule has 15 heavy (non-hydrogen) atoms. The van der Waals surface area contributed by atoms with Gasteiger partial charge in [-0.2, -0.15) is 12.6 Å². The minimum absolute atomic E-state index is 0.141. The molecule has 2 N–H and O–H groups in total. The monoisotopic (exact) mass is 229 g/mol. The number of likely N-dealkylation sites (tertiary alicyclic amines) is 1. The van der Waals surface area contributed by atoms with Crippen LogP contribution in [0.5, 0.6) is 0 Å². The number of hydrogen-bond acceptors (Lipinski definition) is 4. The van der Waals surface area contributed by atoms with E-state index in [1.807, 2.05) is 0 Å². The molecule has 3 atom stereocenters. The van der Waals surface area contributed by atoms with Crippen LogP contribution in [-0.2, 0) is 0 Å². The molecule has 2 rings (SSSR count). The van der Waals surface area contributed by atoms with Gasteiger partial charge in [-0.25, -0.2) is 0 Å². The van der Waals surface area contributed by atoms with E-state index in [0.717, 1.165) is 19.6 Å². The van der Waals surface area contributed by atoms with Crippen molar-refractivity contribution in [2.75, 3.05) is 19.6 Å². The molecular weight excluding hydrogens is 206 g/mol. The molecule has 88 valence electrons. The van der Waals surface area contributed by atoms with Gasteiger partial charge in [-0.15, -0.1) is 0 Å². The van der Waals surface area contributed by atoms with Gasteiger partial charge in [-0.3, -0.25) is 10.2 Å². The fourth-order valence-corrected chi connectivity index (χ4v) is 3.16. The third-order valence-electron chi connectivity index (χ3n) is 4.16. The first kappa shape index (κ1) is 11.7. The lowest BCUT2D eigenvalue weighted by atomic mass is 9.81. The fraction of sp³-hybridized carbons (Fsp3) is 1.00. The Bertz CT molecular complexity index is 258. The van der Waals surface area contributed by atoms with E-state index in [0.29, 0.717) is 6.04 Å². The normalized spacial score (nSPS) is 47.2. The highest BCUT2D eigenvalue weighted by molar-refractivity contribution is 7.80. The van der Waals surface area contributed by atoms with Crippen LogP contribution in [-0.4, -0.2) is 47.0 Å². The third kappa shape index (κ3) is 1.82. The third-order valence-corrected chi connectivity index (χ3v) is 4.47. The van der Waals surface area contributed by atoms with E-state index in [1.165, 1.54) is 0 Å². The first-order valence-electron chi connectivity index (χ1n) is 5.81. The number of piperazine rings is 1. The smallest absolute Gasteiger partial charge is 0.0634 e. The van der Waals surface area contributed by atoms with E-state index in [1.54, 1.807) is 0 Å². The number of fused-ring (bicyclic) bond motifs is 1. The van der Waals surface area contributed by atoms with Crippen LogP contribution in [0.1, 0.15) is 27.7 Å². The Labute approximate surface area is 98.4 Å². The molecule has 0 aromatic heterocycles. The van der Waals surface area contributed by atoms with Crippen LogP contribution in [0, 0.1) is 0 Å². The Kier molecular flexibility index (Phi) is 2.83. The highest BCUT2D eigenvalue weighted by Gasteiger charge is 2.54. The topological polar surface area (TPSA) is 27.3 Å². The van der Waals surface area contributed by atoms with Crippen molar-refractivity contribution >= 4 is 12.6 Å². The van der Waals surface area contributed by atoms with Crippen molar-refractivity contribution in [3.8, 4) is 0 Å². The molecule has 0 radical (unpaired) electrons. The first-order valence-corrected chi connectivity index (χ1v) is 6.33. The van der Waals surface area contributed by atoms with Gasteiger partial charge in [0.1, 0.15) is 0 Å². The van der Waals surface area contributed by atoms with Gasteiger partial charge in [0.2, 0.25) is 0 Å². The molecule has 0 amide bonds. The quantitative estimate of drug-likeness (QED) is 0.577. The molecule has 2 fully saturated rings. The van der Waals surface area contributed by atoms with Gasteiger partial charge in [-0.05, 0) is 27.7 Å². The Morgan fingerprint density at radius 1 is 1.27 bits per heavy atom. The minimum atomic E-state index is 0.141. The van der Waals surface area contributed by atoms with Gasteiger partial charge in [0.25, 0.3) is 0 Å². The summed E-state index contributed by atoms with van der Waals surface area (Å²) in [6.45, 7) is 12.3. The van der Waals surface area contributed by atoms with E-state index in [9.17, 15) is 0 Å². The highest BCUT2D eigenvalue weighted by atomic mass is 32.1. The summed E-state index contributed by atoms with van der Waals surface area (Å²) in [5, 5.41) is 7.57. The van der Waals surface area contributed by atoms with Crippen LogP contribution in [0.15, 0.2) is 0 Å². The second-order valence-corrected chi connectivity index (χ2v) is 6.33. The molecule has 0 aliphatic carbocycles. The van der Waals surface area contributed by atoms with Gasteiger partial charge in [0.05, 0.1) is 5.37 Å². The zero-order chi connectivity index (χ0) is 11.3. The molecule has 1 unspecified atom stereocenters. The predicted octanol–water partition coefficient (Wildman–Crippen LogP) is 0.677. The van der Waals surface area contributed by atoms with Crippen molar-refractivity contribution in [1.29, 1.82) is 0 Å². The number of thiol groups is 1. The van der Waals surface area contributed by atoms with E-state index in [2.05, 4.69) is 55.9 Å². The molecular formula is C11H23N3S. The number of hydrogen-bond donors (Lipinski definition) is 3. The van der Waals surface area contributed by atoms with Crippen LogP contribution in [0.3, 0.4) is 0 Å². The van der Waals surface area contributed by atoms with Gasteiger partial charge in [0, 0.05) is 36.8 Å². The van der Waals surface area contributed by atoms with Crippen LogP contribution in [0.4, 0.5) is 0 Å². The highest BCUT2D eigenvalue weighted by Crippen LogP contribution is 2.35. The Morgan fingerprint density at radius 2 is 1.87 bits per heavy atom. The number of rotatable bonds is 1. The summed E-state index contributed by atoms with van der Waals surface area (Å²) in [5.74, 6) is 0. The van der Waals surface area contributed by atoms with Crippen molar-refractivity contribution in [2.24, 2.45) is 0 Å². The number of nitrogens with one attached hydrogen (secondary N) is 2.